The lowest BCUT2D eigenvalue weighted by molar-refractivity contribution is -0.138. The Kier molecular flexibility index (Phi) is 7.04. The first-order chi connectivity index (χ1) is 13.4. The van der Waals surface area contributed by atoms with E-state index in [0.29, 0.717) is 38.8 Å². The van der Waals surface area contributed by atoms with Gasteiger partial charge in [-0.1, -0.05) is 29.8 Å². The maximum Gasteiger partial charge on any atom is 0.317 e. The Morgan fingerprint density at radius 2 is 1.96 bits per heavy atom. The van der Waals surface area contributed by atoms with E-state index >= 15 is 0 Å². The number of carbonyl (C=O) groups is 2. The lowest BCUT2D eigenvalue weighted by Crippen LogP contribution is -2.51. The van der Waals surface area contributed by atoms with E-state index in [0.717, 1.165) is 19.4 Å². The van der Waals surface area contributed by atoms with E-state index < -0.39 is 5.97 Å². The highest BCUT2D eigenvalue weighted by molar-refractivity contribution is 5.79. The first kappa shape index (κ1) is 20.8. The Labute approximate surface area is 166 Å². The van der Waals surface area contributed by atoms with Crippen molar-refractivity contribution in [3.63, 3.8) is 0 Å². The molecule has 2 aliphatic rings. The van der Waals surface area contributed by atoms with Crippen molar-refractivity contribution in [3.05, 3.63) is 35.4 Å². The van der Waals surface area contributed by atoms with Gasteiger partial charge in [0.1, 0.15) is 0 Å². The van der Waals surface area contributed by atoms with Crippen molar-refractivity contribution >= 4 is 11.9 Å². The van der Waals surface area contributed by atoms with Crippen LogP contribution in [0.25, 0.3) is 0 Å². The molecular weight excluding hydrogens is 358 g/mol. The second-order valence-corrected chi connectivity index (χ2v) is 8.06. The molecule has 1 aromatic rings. The molecule has 154 valence electrons. The number of carboxylic acid groups (broad SMARTS) is 1. The number of carboxylic acids is 1. The van der Waals surface area contributed by atoms with Crippen molar-refractivity contribution < 1.29 is 19.4 Å². The molecule has 1 saturated carbocycles. The molecule has 1 N–H and O–H groups in total. The van der Waals surface area contributed by atoms with Crippen molar-refractivity contribution in [1.82, 2.24) is 14.7 Å². The minimum atomic E-state index is -0.846. The van der Waals surface area contributed by atoms with E-state index in [1.54, 1.807) is 11.9 Å². The fourth-order valence-electron chi connectivity index (χ4n) is 3.66. The van der Waals surface area contributed by atoms with E-state index in [-0.39, 0.29) is 18.6 Å². The zero-order valence-corrected chi connectivity index (χ0v) is 16.8. The van der Waals surface area contributed by atoms with Crippen LogP contribution < -0.4 is 0 Å². The smallest absolute Gasteiger partial charge is 0.317 e. The molecule has 1 aliphatic carbocycles. The minimum Gasteiger partial charge on any atom is -0.480 e. The van der Waals surface area contributed by atoms with Gasteiger partial charge in [-0.05, 0) is 32.4 Å². The van der Waals surface area contributed by atoms with Gasteiger partial charge in [-0.25, -0.2) is 0 Å². The van der Waals surface area contributed by atoms with Crippen LogP contribution in [0.2, 0.25) is 0 Å². The highest BCUT2D eigenvalue weighted by atomic mass is 16.5. The first-order valence-electron chi connectivity index (χ1n) is 10.00. The van der Waals surface area contributed by atoms with Crippen molar-refractivity contribution in [2.45, 2.75) is 38.5 Å². The fourth-order valence-corrected chi connectivity index (χ4v) is 3.66. The predicted octanol–water partition coefficient (Wildman–Crippen LogP) is 1.20. The Balaban J connectivity index is 1.52. The second-order valence-electron chi connectivity index (χ2n) is 8.06. The fraction of sp³-hybridized carbons (Fsp3) is 0.619. The quantitative estimate of drug-likeness (QED) is 0.684. The third-order valence-corrected chi connectivity index (χ3v) is 5.28. The van der Waals surface area contributed by atoms with Gasteiger partial charge in [0.15, 0.2) is 0 Å². The highest BCUT2D eigenvalue weighted by Gasteiger charge is 2.34. The number of rotatable bonds is 9. The summed E-state index contributed by atoms with van der Waals surface area (Å²) in [6, 6.07) is 8.74. The second kappa shape index (κ2) is 9.49. The van der Waals surface area contributed by atoms with Crippen LogP contribution in [0, 0.1) is 6.92 Å². The molecule has 7 nitrogen and oxygen atoms in total. The SMILES string of the molecule is Cc1ccc(CN(C(=O)CN2CCOC(CN(C)CC(=O)O)C2)C2CC2)cc1. The van der Waals surface area contributed by atoms with Crippen molar-refractivity contribution in [3.8, 4) is 0 Å². The molecule has 0 aromatic heterocycles. The van der Waals surface area contributed by atoms with Gasteiger partial charge in [-0.15, -0.1) is 0 Å². The Morgan fingerprint density at radius 3 is 2.61 bits per heavy atom. The number of hydrogen-bond donors (Lipinski definition) is 1. The van der Waals surface area contributed by atoms with Gasteiger partial charge in [0.25, 0.3) is 0 Å². The maximum absolute atomic E-state index is 13.0. The van der Waals surface area contributed by atoms with Crippen LogP contribution in [0.3, 0.4) is 0 Å². The molecule has 1 aliphatic heterocycles. The third kappa shape index (κ3) is 6.29. The minimum absolute atomic E-state index is 0.00913. The molecule has 1 aromatic carbocycles. The molecule has 3 rings (SSSR count). The lowest BCUT2D eigenvalue weighted by Gasteiger charge is -2.35. The lowest BCUT2D eigenvalue weighted by atomic mass is 10.1. The normalized spacial score (nSPS) is 20.3. The molecule has 2 fully saturated rings. The molecule has 0 bridgehead atoms. The van der Waals surface area contributed by atoms with Crippen LogP contribution in [0.4, 0.5) is 0 Å². The molecule has 1 heterocycles. The summed E-state index contributed by atoms with van der Waals surface area (Å²) in [5, 5.41) is 8.90. The van der Waals surface area contributed by atoms with Crippen molar-refractivity contribution in [2.75, 3.05) is 46.4 Å². The molecule has 0 radical (unpaired) electrons. The largest absolute Gasteiger partial charge is 0.480 e. The van der Waals surface area contributed by atoms with E-state index in [1.807, 2.05) is 4.90 Å². The zero-order valence-electron chi connectivity index (χ0n) is 16.8. The summed E-state index contributed by atoms with van der Waals surface area (Å²) in [5.74, 6) is -0.677. The van der Waals surface area contributed by atoms with E-state index in [9.17, 15) is 9.59 Å². The Morgan fingerprint density at radius 1 is 1.25 bits per heavy atom. The average molecular weight is 389 g/mol. The van der Waals surface area contributed by atoms with Gasteiger partial charge < -0.3 is 14.7 Å². The topological polar surface area (TPSA) is 73.3 Å². The van der Waals surface area contributed by atoms with Crippen LogP contribution in [-0.4, -0.2) is 90.2 Å². The number of nitrogens with zero attached hydrogens (tertiary/aromatic N) is 3. The number of hydrogen-bond acceptors (Lipinski definition) is 5. The number of morpholine rings is 1. The third-order valence-electron chi connectivity index (χ3n) is 5.28. The van der Waals surface area contributed by atoms with Crippen LogP contribution in [0.5, 0.6) is 0 Å². The van der Waals surface area contributed by atoms with Crippen LogP contribution in [0.15, 0.2) is 24.3 Å². The van der Waals surface area contributed by atoms with Crippen molar-refractivity contribution in [1.29, 1.82) is 0 Å². The summed E-state index contributed by atoms with van der Waals surface area (Å²) in [6.07, 6.45) is 2.10. The van der Waals surface area contributed by atoms with Crippen molar-refractivity contribution in [2.24, 2.45) is 0 Å². The van der Waals surface area contributed by atoms with Gasteiger partial charge in [-0.3, -0.25) is 19.4 Å². The number of aliphatic carboxylic acids is 1. The maximum atomic E-state index is 13.0. The molecule has 1 unspecified atom stereocenters. The molecule has 1 amide bonds. The predicted molar refractivity (Wildman–Crippen MR) is 106 cm³/mol. The monoisotopic (exact) mass is 389 g/mol. The van der Waals surface area contributed by atoms with Crippen LogP contribution >= 0.6 is 0 Å². The van der Waals surface area contributed by atoms with Gasteiger partial charge in [-0.2, -0.15) is 0 Å². The average Bonchev–Trinajstić information content (AvgIpc) is 3.45. The summed E-state index contributed by atoms with van der Waals surface area (Å²) in [7, 11) is 1.78. The number of ether oxygens (including phenoxy) is 1. The summed E-state index contributed by atoms with van der Waals surface area (Å²) in [5.41, 5.74) is 2.39. The summed E-state index contributed by atoms with van der Waals surface area (Å²) >= 11 is 0. The molecule has 28 heavy (non-hydrogen) atoms. The van der Waals surface area contributed by atoms with Gasteiger partial charge >= 0.3 is 5.97 Å². The summed E-state index contributed by atoms with van der Waals surface area (Å²) in [6.45, 7) is 5.62. The van der Waals surface area contributed by atoms with Crippen LogP contribution in [0.1, 0.15) is 24.0 Å². The number of benzene rings is 1. The van der Waals surface area contributed by atoms with Gasteiger partial charge in [0.2, 0.25) is 5.91 Å². The summed E-state index contributed by atoms with van der Waals surface area (Å²) < 4.78 is 5.77. The van der Waals surface area contributed by atoms with E-state index in [1.165, 1.54) is 11.1 Å². The molecular formula is C21H31N3O4. The van der Waals surface area contributed by atoms with E-state index in [4.69, 9.17) is 9.84 Å². The first-order valence-corrected chi connectivity index (χ1v) is 10.00. The molecule has 1 saturated heterocycles. The van der Waals surface area contributed by atoms with Crippen LogP contribution in [-0.2, 0) is 20.9 Å². The standard InChI is InChI=1S/C21H31N3O4/c1-16-3-5-17(6-4-16)11-24(18-7-8-18)20(25)14-23-9-10-28-19(13-23)12-22(2)15-21(26)27/h3-6,18-19H,7-15H2,1-2H3,(H,26,27). The van der Waals surface area contributed by atoms with E-state index in [2.05, 4.69) is 36.1 Å². The number of likely N-dealkylation sites (N-methyl/N-ethyl adjacent to an activating group) is 1. The van der Waals surface area contributed by atoms with Gasteiger partial charge in [0.05, 0.1) is 25.8 Å². The number of amides is 1. The molecule has 7 heteroatoms. The zero-order chi connectivity index (χ0) is 20.1. The highest BCUT2D eigenvalue weighted by Crippen LogP contribution is 2.28. The molecule has 1 atom stereocenters. The number of carbonyl (C=O) groups excluding carboxylic acids is 1. The van der Waals surface area contributed by atoms with Gasteiger partial charge in [0, 0.05) is 32.2 Å². The Hall–Kier alpha value is -1.96. The number of aryl methyl sites for hydroxylation is 1. The summed E-state index contributed by atoms with van der Waals surface area (Å²) in [4.78, 5) is 29.7. The Bertz CT molecular complexity index is 675. The molecule has 0 spiro atoms.